The third-order valence-electron chi connectivity index (χ3n) is 9.80. The summed E-state index contributed by atoms with van der Waals surface area (Å²) < 4.78 is 52.2. The maximum absolute atomic E-state index is 13.3. The van der Waals surface area contributed by atoms with Crippen LogP contribution in [0, 0.1) is 0 Å². The van der Waals surface area contributed by atoms with Gasteiger partial charge in [-0.2, -0.15) is 8.42 Å². The Morgan fingerprint density at radius 3 is 2.42 bits per heavy atom. The standard InChI is InChI=1S/C38H46FN11O8S2/c39-60(54,55)30-7-5-27(6-8-30)37(53)50-25-29(47-48-40)19-32(50)36(52)41-9-12-56-14-16-58-17-15-57-13-10-42-38-43-21-26(22-44-38)23-49-11-1-3-28(24-49)35-45-31(20-34(51)46-35)33-4-2-18-59-33/h2,4-8,18,20-22,28-29,32H,1,3,9-17,19,23-25H2,(H,41,52)(H,42,43,44)(H,45,46,51)/t28?,29?,32-/m0/s1. The lowest BCUT2D eigenvalue weighted by Gasteiger charge is -2.32. The quantitative estimate of drug-likeness (QED) is 0.0357. The van der Waals surface area contributed by atoms with Gasteiger partial charge in [-0.15, -0.1) is 15.2 Å². The Balaban J connectivity index is 0.798. The van der Waals surface area contributed by atoms with E-state index in [0.717, 1.165) is 66.5 Å². The van der Waals surface area contributed by atoms with E-state index < -0.39 is 39.0 Å². The van der Waals surface area contributed by atoms with Gasteiger partial charge >= 0.3 is 10.2 Å². The van der Waals surface area contributed by atoms with Crippen molar-refractivity contribution in [3.8, 4) is 10.6 Å². The van der Waals surface area contributed by atoms with Gasteiger partial charge in [0.2, 0.25) is 11.9 Å². The smallest absolute Gasteiger partial charge is 0.332 e. The van der Waals surface area contributed by atoms with Crippen LogP contribution < -0.4 is 16.2 Å². The van der Waals surface area contributed by atoms with Crippen molar-refractivity contribution in [2.24, 2.45) is 5.11 Å². The molecular weight excluding hydrogens is 822 g/mol. The van der Waals surface area contributed by atoms with E-state index in [-0.39, 0.29) is 49.8 Å². The van der Waals surface area contributed by atoms with Crippen molar-refractivity contribution in [2.75, 3.05) is 77.7 Å². The largest absolute Gasteiger partial charge is 0.377 e. The number of azide groups is 1. The minimum Gasteiger partial charge on any atom is -0.377 e. The molecule has 22 heteroatoms. The number of hydrogen-bond donors (Lipinski definition) is 3. The average molecular weight is 868 g/mol. The molecule has 19 nitrogen and oxygen atoms in total. The second-order valence-electron chi connectivity index (χ2n) is 14.1. The van der Waals surface area contributed by atoms with E-state index in [0.29, 0.717) is 51.2 Å². The number of ether oxygens (including phenoxy) is 3. The first-order valence-electron chi connectivity index (χ1n) is 19.4. The Morgan fingerprint density at radius 2 is 1.73 bits per heavy atom. The monoisotopic (exact) mass is 867 g/mol. The fourth-order valence-corrected chi connectivity index (χ4v) is 8.09. The third kappa shape index (κ3) is 12.8. The molecule has 0 aliphatic carbocycles. The van der Waals surface area contributed by atoms with Crippen molar-refractivity contribution in [1.82, 2.24) is 35.1 Å². The Kier molecular flexibility index (Phi) is 16.0. The highest BCUT2D eigenvalue weighted by atomic mass is 32.3. The highest BCUT2D eigenvalue weighted by Crippen LogP contribution is 2.28. The summed E-state index contributed by atoms with van der Waals surface area (Å²) in [7, 11) is -4.94. The molecule has 0 spiro atoms. The number of carbonyl (C=O) groups is 2. The Bertz CT molecular complexity index is 2240. The maximum Gasteiger partial charge on any atom is 0.332 e. The molecule has 0 saturated carbocycles. The number of aromatic nitrogens is 4. The molecule has 5 heterocycles. The molecule has 3 atom stereocenters. The fraction of sp³-hybridized carbons (Fsp3) is 0.474. The van der Waals surface area contributed by atoms with E-state index in [4.69, 9.17) is 24.7 Å². The van der Waals surface area contributed by atoms with Crippen molar-refractivity contribution in [3.05, 3.63) is 98.0 Å². The molecule has 60 heavy (non-hydrogen) atoms. The first-order valence-corrected chi connectivity index (χ1v) is 21.7. The zero-order chi connectivity index (χ0) is 42.3. The molecule has 2 saturated heterocycles. The molecule has 6 rings (SSSR count). The van der Waals surface area contributed by atoms with Crippen LogP contribution in [0.4, 0.5) is 9.83 Å². The number of amides is 2. The van der Waals surface area contributed by atoms with Crippen LogP contribution in [-0.2, 0) is 35.8 Å². The number of hydrogen-bond acceptors (Lipinski definition) is 15. The second kappa shape index (κ2) is 21.8. The van der Waals surface area contributed by atoms with Gasteiger partial charge in [-0.05, 0) is 67.1 Å². The number of thiophene rings is 1. The van der Waals surface area contributed by atoms with Crippen LogP contribution >= 0.6 is 11.3 Å². The lowest BCUT2D eigenvalue weighted by molar-refractivity contribution is -0.125. The van der Waals surface area contributed by atoms with Gasteiger partial charge in [0, 0.05) is 73.1 Å². The van der Waals surface area contributed by atoms with Gasteiger partial charge in [0.1, 0.15) is 11.9 Å². The predicted octanol–water partition coefficient (Wildman–Crippen LogP) is 3.50. The van der Waals surface area contributed by atoms with Crippen molar-refractivity contribution in [3.63, 3.8) is 0 Å². The zero-order valence-electron chi connectivity index (χ0n) is 32.7. The molecule has 2 amide bonds. The van der Waals surface area contributed by atoms with E-state index in [1.807, 2.05) is 29.9 Å². The van der Waals surface area contributed by atoms with E-state index in [2.05, 4.69) is 40.5 Å². The Morgan fingerprint density at radius 1 is 1.02 bits per heavy atom. The van der Waals surface area contributed by atoms with Gasteiger partial charge in [0.25, 0.3) is 11.5 Å². The lowest BCUT2D eigenvalue weighted by Crippen LogP contribution is -2.46. The number of aromatic amines is 1. The fourth-order valence-electron chi connectivity index (χ4n) is 6.94. The molecule has 4 aromatic rings. The molecule has 1 aromatic carbocycles. The summed E-state index contributed by atoms with van der Waals surface area (Å²) in [4.78, 5) is 61.9. The van der Waals surface area contributed by atoms with Gasteiger partial charge in [0.05, 0.1) is 61.1 Å². The summed E-state index contributed by atoms with van der Waals surface area (Å²) in [5.41, 5.74) is 10.5. The van der Waals surface area contributed by atoms with E-state index in [1.54, 1.807) is 17.4 Å². The van der Waals surface area contributed by atoms with Crippen LogP contribution in [-0.4, -0.2) is 134 Å². The minimum atomic E-state index is -4.94. The molecule has 320 valence electrons. The molecule has 2 aliphatic heterocycles. The van der Waals surface area contributed by atoms with Crippen LogP contribution in [0.15, 0.2) is 75.0 Å². The second-order valence-corrected chi connectivity index (χ2v) is 16.4. The van der Waals surface area contributed by atoms with Crippen molar-refractivity contribution < 1.29 is 36.1 Å². The van der Waals surface area contributed by atoms with Crippen LogP contribution in [0.25, 0.3) is 21.0 Å². The highest BCUT2D eigenvalue weighted by molar-refractivity contribution is 7.86. The summed E-state index contributed by atoms with van der Waals surface area (Å²) >= 11 is 1.57. The number of anilines is 1. The molecule has 2 fully saturated rings. The van der Waals surface area contributed by atoms with Crippen LogP contribution in [0.5, 0.6) is 0 Å². The van der Waals surface area contributed by atoms with Crippen LogP contribution in [0.1, 0.15) is 46.9 Å². The Labute approximate surface area is 349 Å². The van der Waals surface area contributed by atoms with Gasteiger partial charge < -0.3 is 34.7 Å². The Hall–Kier alpha value is -5.35. The number of halogens is 1. The molecule has 3 aromatic heterocycles. The third-order valence-corrected chi connectivity index (χ3v) is 11.5. The summed E-state index contributed by atoms with van der Waals surface area (Å²) in [6.45, 7) is 5.01. The molecule has 0 bridgehead atoms. The first kappa shape index (κ1) is 44.2. The number of nitrogens with one attached hydrogen (secondary N) is 3. The maximum atomic E-state index is 13.3. The number of nitrogens with zero attached hydrogens (tertiary/aromatic N) is 8. The zero-order valence-corrected chi connectivity index (χ0v) is 34.3. The summed E-state index contributed by atoms with van der Waals surface area (Å²) in [5, 5.41) is 11.5. The lowest BCUT2D eigenvalue weighted by atomic mass is 9.96. The van der Waals surface area contributed by atoms with Gasteiger partial charge in [-0.3, -0.25) is 19.3 Å². The van der Waals surface area contributed by atoms with Crippen molar-refractivity contribution in [1.29, 1.82) is 0 Å². The number of carbonyl (C=O) groups excluding carboxylic acids is 2. The van der Waals surface area contributed by atoms with Gasteiger partial charge in [-0.25, -0.2) is 15.0 Å². The summed E-state index contributed by atoms with van der Waals surface area (Å²) in [5.74, 6) is 0.315. The van der Waals surface area contributed by atoms with E-state index in [1.165, 1.54) is 4.90 Å². The van der Waals surface area contributed by atoms with Gasteiger partial charge in [0.15, 0.2) is 0 Å². The highest BCUT2D eigenvalue weighted by Gasteiger charge is 2.39. The molecular formula is C38H46FN11O8S2. The van der Waals surface area contributed by atoms with Crippen LogP contribution in [0.2, 0.25) is 0 Å². The minimum absolute atomic E-state index is 0.0137. The van der Waals surface area contributed by atoms with E-state index in [9.17, 15) is 26.7 Å². The predicted molar refractivity (Wildman–Crippen MR) is 219 cm³/mol. The first-order chi connectivity index (χ1) is 29.1. The summed E-state index contributed by atoms with van der Waals surface area (Å²) in [6.07, 6.45) is 5.69. The number of piperidine rings is 1. The van der Waals surface area contributed by atoms with Gasteiger partial charge in [-0.1, -0.05) is 11.2 Å². The van der Waals surface area contributed by atoms with Crippen molar-refractivity contribution in [2.45, 2.75) is 48.7 Å². The molecule has 3 N–H and O–H groups in total. The number of benzene rings is 1. The van der Waals surface area contributed by atoms with Crippen LogP contribution in [0.3, 0.4) is 0 Å². The number of H-pyrrole nitrogens is 1. The average Bonchev–Trinajstić information content (AvgIpc) is 3.94. The SMILES string of the molecule is [N-]=[N+]=NC1C[C@@H](C(=O)NCCOCCOCCOCCNc2ncc(CN3CCCC(c4nc(-c5cccs5)cc(=O)[nH]4)C3)cn2)N(C(=O)c2ccc(S(=O)(=O)F)cc2)C1. The summed E-state index contributed by atoms with van der Waals surface area (Å²) in [6, 6.07) is 8.16. The molecule has 0 radical (unpaired) electrons. The molecule has 2 aliphatic rings. The topological polar surface area (TPSA) is 247 Å². The van der Waals surface area contributed by atoms with E-state index >= 15 is 0 Å². The number of likely N-dealkylation sites (tertiary alicyclic amines) is 2. The number of rotatable bonds is 21. The van der Waals surface area contributed by atoms with Crippen molar-refractivity contribution >= 4 is 39.3 Å². The normalized spacial score (nSPS) is 18.2. The molecule has 2 unspecified atom stereocenters.